The topological polar surface area (TPSA) is 15.3 Å². The van der Waals surface area contributed by atoms with E-state index in [1.165, 1.54) is 58.2 Å². The average molecular weight is 268 g/mol. The fourth-order valence-corrected chi connectivity index (χ4v) is 3.35. The van der Waals surface area contributed by atoms with Crippen LogP contribution in [0.2, 0.25) is 0 Å². The van der Waals surface area contributed by atoms with Crippen LogP contribution in [0.5, 0.6) is 0 Å². The van der Waals surface area contributed by atoms with Crippen LogP contribution in [0.25, 0.3) is 0 Å². The fourth-order valence-electron chi connectivity index (χ4n) is 3.35. The Balaban J connectivity index is 2.65. The zero-order valence-corrected chi connectivity index (χ0v) is 14.0. The maximum Gasteiger partial charge on any atom is 0.00528 e. The summed E-state index contributed by atoms with van der Waals surface area (Å²) in [7, 11) is 0. The van der Waals surface area contributed by atoms with Crippen molar-refractivity contribution in [3.05, 3.63) is 0 Å². The highest BCUT2D eigenvalue weighted by Crippen LogP contribution is 2.37. The molecule has 0 unspecified atom stereocenters. The smallest absolute Gasteiger partial charge is 0.00528 e. The second-order valence-electron chi connectivity index (χ2n) is 7.16. The van der Waals surface area contributed by atoms with Gasteiger partial charge in [-0.05, 0) is 45.1 Å². The zero-order valence-electron chi connectivity index (χ0n) is 14.0. The summed E-state index contributed by atoms with van der Waals surface area (Å²) < 4.78 is 0. The summed E-state index contributed by atoms with van der Waals surface area (Å²) in [5.41, 5.74) is 0.530. The first-order valence-electron chi connectivity index (χ1n) is 8.46. The van der Waals surface area contributed by atoms with Gasteiger partial charge in [-0.3, -0.25) is 0 Å². The van der Waals surface area contributed by atoms with Gasteiger partial charge in [-0.25, -0.2) is 0 Å². The Labute approximate surface area is 121 Å². The molecular formula is C17H36N2. The molecule has 1 rings (SSSR count). The lowest BCUT2D eigenvalue weighted by molar-refractivity contribution is 0.0817. The summed E-state index contributed by atoms with van der Waals surface area (Å²) in [5, 5.41) is 3.72. The highest BCUT2D eigenvalue weighted by Gasteiger charge is 2.34. The number of hydrogen-bond donors (Lipinski definition) is 1. The number of nitrogens with zero attached hydrogens (tertiary/aromatic N) is 1. The minimum atomic E-state index is 0.530. The standard InChI is InChI=1S/C17H36N2/c1-6-12-19(16(4)5)14-17(13-18-15(2)3)10-8-7-9-11-17/h15-16,18H,6-14H2,1-5H3. The van der Waals surface area contributed by atoms with E-state index in [0.29, 0.717) is 17.5 Å². The molecule has 1 aliphatic rings. The predicted molar refractivity (Wildman–Crippen MR) is 85.7 cm³/mol. The van der Waals surface area contributed by atoms with Gasteiger partial charge < -0.3 is 10.2 Å². The SMILES string of the molecule is CCCN(CC1(CNC(C)C)CCCCC1)C(C)C. The van der Waals surface area contributed by atoms with Crippen LogP contribution in [-0.4, -0.2) is 36.6 Å². The molecule has 0 heterocycles. The third-order valence-corrected chi connectivity index (χ3v) is 4.58. The molecule has 2 heteroatoms. The second-order valence-corrected chi connectivity index (χ2v) is 7.16. The first-order valence-corrected chi connectivity index (χ1v) is 8.46. The van der Waals surface area contributed by atoms with Crippen molar-refractivity contribution < 1.29 is 0 Å². The van der Waals surface area contributed by atoms with Crippen molar-refractivity contribution in [3.63, 3.8) is 0 Å². The van der Waals surface area contributed by atoms with Crippen LogP contribution in [0, 0.1) is 5.41 Å². The fraction of sp³-hybridized carbons (Fsp3) is 1.00. The monoisotopic (exact) mass is 268 g/mol. The molecule has 1 fully saturated rings. The summed E-state index contributed by atoms with van der Waals surface area (Å²) in [6.45, 7) is 15.3. The predicted octanol–water partition coefficient (Wildman–Crippen LogP) is 4.06. The summed E-state index contributed by atoms with van der Waals surface area (Å²) in [4.78, 5) is 2.70. The van der Waals surface area contributed by atoms with Crippen molar-refractivity contribution >= 4 is 0 Å². The van der Waals surface area contributed by atoms with E-state index in [1.54, 1.807) is 0 Å². The van der Waals surface area contributed by atoms with Gasteiger partial charge in [0.05, 0.1) is 0 Å². The molecule has 1 N–H and O–H groups in total. The van der Waals surface area contributed by atoms with E-state index in [1.807, 2.05) is 0 Å². The lowest BCUT2D eigenvalue weighted by Crippen LogP contribution is -2.48. The van der Waals surface area contributed by atoms with E-state index < -0.39 is 0 Å². The molecule has 0 radical (unpaired) electrons. The number of rotatable bonds is 8. The molecule has 1 saturated carbocycles. The Morgan fingerprint density at radius 2 is 1.68 bits per heavy atom. The van der Waals surface area contributed by atoms with Crippen LogP contribution >= 0.6 is 0 Å². The van der Waals surface area contributed by atoms with Gasteiger partial charge in [-0.2, -0.15) is 0 Å². The third kappa shape index (κ3) is 5.83. The molecule has 0 aromatic carbocycles. The molecule has 0 saturated heterocycles. The van der Waals surface area contributed by atoms with Crippen LogP contribution in [0.4, 0.5) is 0 Å². The molecule has 1 aliphatic carbocycles. The first-order chi connectivity index (χ1) is 8.99. The average Bonchev–Trinajstić information content (AvgIpc) is 2.37. The first kappa shape index (κ1) is 17.0. The highest BCUT2D eigenvalue weighted by atomic mass is 15.2. The number of nitrogens with one attached hydrogen (secondary N) is 1. The van der Waals surface area contributed by atoms with Crippen molar-refractivity contribution in [1.29, 1.82) is 0 Å². The van der Waals surface area contributed by atoms with E-state index >= 15 is 0 Å². The van der Waals surface area contributed by atoms with Crippen LogP contribution < -0.4 is 5.32 Å². The van der Waals surface area contributed by atoms with Gasteiger partial charge in [-0.15, -0.1) is 0 Å². The van der Waals surface area contributed by atoms with E-state index in [9.17, 15) is 0 Å². The Morgan fingerprint density at radius 1 is 1.05 bits per heavy atom. The molecular weight excluding hydrogens is 232 g/mol. The van der Waals surface area contributed by atoms with Gasteiger partial charge in [0.25, 0.3) is 0 Å². The lowest BCUT2D eigenvalue weighted by Gasteiger charge is -2.43. The lowest BCUT2D eigenvalue weighted by atomic mass is 9.73. The largest absolute Gasteiger partial charge is 0.314 e. The molecule has 0 aromatic rings. The summed E-state index contributed by atoms with van der Waals surface area (Å²) in [6, 6.07) is 1.29. The zero-order chi connectivity index (χ0) is 14.3. The molecule has 19 heavy (non-hydrogen) atoms. The summed E-state index contributed by atoms with van der Waals surface area (Å²) in [6.07, 6.45) is 8.40. The van der Waals surface area contributed by atoms with Crippen molar-refractivity contribution in [1.82, 2.24) is 10.2 Å². The Hall–Kier alpha value is -0.0800. The normalized spacial score (nSPS) is 19.6. The van der Waals surface area contributed by atoms with Crippen LogP contribution in [0.15, 0.2) is 0 Å². The molecule has 114 valence electrons. The van der Waals surface area contributed by atoms with Crippen molar-refractivity contribution in [2.75, 3.05) is 19.6 Å². The van der Waals surface area contributed by atoms with Gasteiger partial charge in [0, 0.05) is 25.2 Å². The van der Waals surface area contributed by atoms with Gasteiger partial charge in [-0.1, -0.05) is 40.0 Å². The van der Waals surface area contributed by atoms with E-state index in [-0.39, 0.29) is 0 Å². The molecule has 0 bridgehead atoms. The van der Waals surface area contributed by atoms with Crippen molar-refractivity contribution in [2.24, 2.45) is 5.41 Å². The molecule has 0 spiro atoms. The molecule has 0 aromatic heterocycles. The third-order valence-electron chi connectivity index (χ3n) is 4.58. The molecule has 0 atom stereocenters. The van der Waals surface area contributed by atoms with Crippen LogP contribution in [0.1, 0.15) is 73.1 Å². The maximum absolute atomic E-state index is 3.72. The minimum Gasteiger partial charge on any atom is -0.314 e. The Kier molecular flexibility index (Phi) is 7.38. The van der Waals surface area contributed by atoms with Crippen LogP contribution in [0.3, 0.4) is 0 Å². The quantitative estimate of drug-likeness (QED) is 0.714. The van der Waals surface area contributed by atoms with Gasteiger partial charge >= 0.3 is 0 Å². The molecule has 2 nitrogen and oxygen atoms in total. The van der Waals surface area contributed by atoms with E-state index in [4.69, 9.17) is 0 Å². The molecule has 0 amide bonds. The van der Waals surface area contributed by atoms with E-state index in [2.05, 4.69) is 44.8 Å². The maximum atomic E-state index is 3.72. The van der Waals surface area contributed by atoms with E-state index in [0.717, 1.165) is 0 Å². The second kappa shape index (κ2) is 8.26. The highest BCUT2D eigenvalue weighted by molar-refractivity contribution is 4.89. The minimum absolute atomic E-state index is 0.530. The molecule has 0 aliphatic heterocycles. The summed E-state index contributed by atoms with van der Waals surface area (Å²) in [5.74, 6) is 0. The van der Waals surface area contributed by atoms with Gasteiger partial charge in [0.1, 0.15) is 0 Å². The van der Waals surface area contributed by atoms with Gasteiger partial charge in [0.15, 0.2) is 0 Å². The Morgan fingerprint density at radius 3 is 2.16 bits per heavy atom. The summed E-state index contributed by atoms with van der Waals surface area (Å²) >= 11 is 0. The van der Waals surface area contributed by atoms with Crippen molar-refractivity contribution in [3.8, 4) is 0 Å². The van der Waals surface area contributed by atoms with Crippen molar-refractivity contribution in [2.45, 2.75) is 85.2 Å². The Bertz CT molecular complexity index is 229. The number of hydrogen-bond acceptors (Lipinski definition) is 2. The van der Waals surface area contributed by atoms with Crippen LogP contribution in [-0.2, 0) is 0 Å². The van der Waals surface area contributed by atoms with Gasteiger partial charge in [0.2, 0.25) is 0 Å².